The topological polar surface area (TPSA) is 67.8 Å². The minimum absolute atomic E-state index is 0.0400. The van der Waals surface area contributed by atoms with Crippen molar-refractivity contribution in [2.75, 3.05) is 44.3 Å². The van der Waals surface area contributed by atoms with Gasteiger partial charge in [0.25, 0.3) is 5.91 Å². The van der Waals surface area contributed by atoms with Gasteiger partial charge in [0.2, 0.25) is 0 Å². The number of ether oxygens (including phenoxy) is 2. The average Bonchev–Trinajstić information content (AvgIpc) is 3.04. The third-order valence-corrected chi connectivity index (χ3v) is 4.76. The van der Waals surface area contributed by atoms with Crippen LogP contribution in [0.3, 0.4) is 0 Å². The summed E-state index contributed by atoms with van der Waals surface area (Å²) in [5.74, 6) is 0.928. The molecular weight excluding hydrogens is 308 g/mol. The van der Waals surface area contributed by atoms with E-state index < -0.39 is 5.79 Å². The first-order valence-corrected chi connectivity index (χ1v) is 8.74. The van der Waals surface area contributed by atoms with E-state index in [-0.39, 0.29) is 5.91 Å². The molecule has 2 aliphatic heterocycles. The van der Waals surface area contributed by atoms with Crippen LogP contribution in [0.1, 0.15) is 43.0 Å². The highest BCUT2D eigenvalue weighted by molar-refractivity contribution is 5.93. The molecular formula is C17H26N4O3. The van der Waals surface area contributed by atoms with Crippen molar-refractivity contribution in [2.45, 2.75) is 39.4 Å². The normalized spacial score (nSPS) is 19.7. The van der Waals surface area contributed by atoms with E-state index in [0.29, 0.717) is 50.7 Å². The molecule has 0 N–H and O–H groups in total. The van der Waals surface area contributed by atoms with Crippen LogP contribution in [-0.4, -0.2) is 66.0 Å². The summed E-state index contributed by atoms with van der Waals surface area (Å²) in [6.45, 7) is 10.2. The lowest BCUT2D eigenvalue weighted by Gasteiger charge is -2.37. The van der Waals surface area contributed by atoms with Crippen molar-refractivity contribution >= 4 is 11.7 Å². The van der Waals surface area contributed by atoms with Gasteiger partial charge >= 0.3 is 0 Å². The van der Waals surface area contributed by atoms with Gasteiger partial charge in [-0.3, -0.25) is 4.79 Å². The van der Waals surface area contributed by atoms with Crippen LogP contribution in [0.15, 0.2) is 6.07 Å². The molecule has 0 radical (unpaired) electrons. The lowest BCUT2D eigenvalue weighted by molar-refractivity contribution is -0.181. The molecule has 0 aromatic carbocycles. The third kappa shape index (κ3) is 3.37. The number of aryl methyl sites for hydroxylation is 1. The van der Waals surface area contributed by atoms with E-state index in [1.807, 2.05) is 11.8 Å². The molecule has 0 atom stereocenters. The summed E-state index contributed by atoms with van der Waals surface area (Å²) < 4.78 is 11.4. The van der Waals surface area contributed by atoms with E-state index in [0.717, 1.165) is 18.9 Å². The summed E-state index contributed by atoms with van der Waals surface area (Å²) in [5, 5.41) is 0. The molecule has 7 nitrogen and oxygen atoms in total. The fraction of sp³-hybridized carbons (Fsp3) is 0.706. The van der Waals surface area contributed by atoms with Crippen molar-refractivity contribution in [3.63, 3.8) is 0 Å². The van der Waals surface area contributed by atoms with E-state index in [9.17, 15) is 4.79 Å². The molecule has 0 bridgehead atoms. The van der Waals surface area contributed by atoms with Crippen LogP contribution < -0.4 is 4.90 Å². The van der Waals surface area contributed by atoms with Gasteiger partial charge in [0, 0.05) is 45.1 Å². The molecule has 0 aliphatic carbocycles. The molecule has 0 unspecified atom stereocenters. The number of hydrogen-bond acceptors (Lipinski definition) is 6. The van der Waals surface area contributed by atoms with Crippen molar-refractivity contribution in [1.29, 1.82) is 0 Å². The standard InChI is InChI=1S/C17H26N4O3/c1-4-20(5-2)15-12-14(18-13(3)19-15)16(22)21-8-6-17(7-9-21)23-10-11-24-17/h12H,4-11H2,1-3H3. The van der Waals surface area contributed by atoms with Gasteiger partial charge in [0.05, 0.1) is 13.2 Å². The molecule has 3 rings (SSSR count). The van der Waals surface area contributed by atoms with Crippen LogP contribution in [0.4, 0.5) is 5.82 Å². The maximum absolute atomic E-state index is 12.8. The lowest BCUT2D eigenvalue weighted by Crippen LogP contribution is -2.47. The Bertz CT molecular complexity index is 587. The summed E-state index contributed by atoms with van der Waals surface area (Å²) in [6.07, 6.45) is 1.43. The number of likely N-dealkylation sites (tertiary alicyclic amines) is 1. The van der Waals surface area contributed by atoms with Crippen LogP contribution in [0.25, 0.3) is 0 Å². The number of anilines is 1. The van der Waals surface area contributed by atoms with Gasteiger partial charge in [-0.05, 0) is 20.8 Å². The molecule has 7 heteroatoms. The van der Waals surface area contributed by atoms with E-state index in [4.69, 9.17) is 9.47 Å². The Balaban J connectivity index is 1.73. The summed E-state index contributed by atoms with van der Waals surface area (Å²) in [4.78, 5) is 25.6. The van der Waals surface area contributed by atoms with E-state index in [1.54, 1.807) is 6.07 Å². The lowest BCUT2D eigenvalue weighted by atomic mass is 10.0. The zero-order valence-corrected chi connectivity index (χ0v) is 14.7. The minimum Gasteiger partial charge on any atom is -0.357 e. The zero-order valence-electron chi connectivity index (χ0n) is 14.7. The number of aromatic nitrogens is 2. The van der Waals surface area contributed by atoms with Crippen molar-refractivity contribution in [1.82, 2.24) is 14.9 Å². The van der Waals surface area contributed by atoms with E-state index in [1.165, 1.54) is 0 Å². The molecule has 2 fully saturated rings. The number of carbonyl (C=O) groups excluding carboxylic acids is 1. The highest BCUT2D eigenvalue weighted by Crippen LogP contribution is 2.31. The summed E-state index contributed by atoms with van der Waals surface area (Å²) in [7, 11) is 0. The van der Waals surface area contributed by atoms with Crippen LogP contribution in [-0.2, 0) is 9.47 Å². The zero-order chi connectivity index (χ0) is 17.2. The number of amides is 1. The maximum Gasteiger partial charge on any atom is 0.272 e. The average molecular weight is 334 g/mol. The molecule has 24 heavy (non-hydrogen) atoms. The van der Waals surface area contributed by atoms with Gasteiger partial charge in [-0.1, -0.05) is 0 Å². The van der Waals surface area contributed by atoms with Crippen molar-refractivity contribution in [3.05, 3.63) is 17.6 Å². The first-order valence-electron chi connectivity index (χ1n) is 8.74. The molecule has 0 saturated carbocycles. The Morgan fingerprint density at radius 3 is 2.42 bits per heavy atom. The highest BCUT2D eigenvalue weighted by atomic mass is 16.7. The third-order valence-electron chi connectivity index (χ3n) is 4.76. The van der Waals surface area contributed by atoms with Crippen LogP contribution in [0, 0.1) is 6.92 Å². The molecule has 3 heterocycles. The van der Waals surface area contributed by atoms with Crippen molar-refractivity contribution < 1.29 is 14.3 Å². The monoisotopic (exact) mass is 334 g/mol. The molecule has 1 aromatic rings. The Morgan fingerprint density at radius 1 is 1.21 bits per heavy atom. The SMILES string of the molecule is CCN(CC)c1cc(C(=O)N2CCC3(CC2)OCCO3)nc(C)n1. The number of hydrogen-bond donors (Lipinski definition) is 0. The van der Waals surface area contributed by atoms with Gasteiger partial charge in [0.15, 0.2) is 5.79 Å². The van der Waals surface area contributed by atoms with Gasteiger partial charge in [-0.15, -0.1) is 0 Å². The van der Waals surface area contributed by atoms with Gasteiger partial charge < -0.3 is 19.3 Å². The minimum atomic E-state index is -0.468. The molecule has 2 aliphatic rings. The Kier molecular flexibility index (Phi) is 5.01. The predicted octanol–water partition coefficient (Wildman–Crippen LogP) is 1.61. The second kappa shape index (κ2) is 7.03. The van der Waals surface area contributed by atoms with Gasteiger partial charge in [-0.25, -0.2) is 9.97 Å². The first-order chi connectivity index (χ1) is 11.6. The molecule has 132 valence electrons. The highest BCUT2D eigenvalue weighted by Gasteiger charge is 2.41. The molecule has 2 saturated heterocycles. The van der Waals surface area contributed by atoms with Crippen molar-refractivity contribution in [3.8, 4) is 0 Å². The number of piperidine rings is 1. The fourth-order valence-electron chi connectivity index (χ4n) is 3.37. The number of carbonyl (C=O) groups is 1. The number of nitrogens with zero attached hydrogens (tertiary/aromatic N) is 4. The quantitative estimate of drug-likeness (QED) is 0.833. The smallest absolute Gasteiger partial charge is 0.272 e. The largest absolute Gasteiger partial charge is 0.357 e. The second-order valence-electron chi connectivity index (χ2n) is 6.23. The Hall–Kier alpha value is -1.73. The first kappa shape index (κ1) is 17.1. The predicted molar refractivity (Wildman–Crippen MR) is 90.1 cm³/mol. The summed E-state index contributed by atoms with van der Waals surface area (Å²) >= 11 is 0. The van der Waals surface area contributed by atoms with E-state index in [2.05, 4.69) is 28.7 Å². The summed E-state index contributed by atoms with van der Waals surface area (Å²) in [6, 6.07) is 1.80. The van der Waals surface area contributed by atoms with Crippen LogP contribution >= 0.6 is 0 Å². The molecule has 1 amide bonds. The van der Waals surface area contributed by atoms with Crippen molar-refractivity contribution in [2.24, 2.45) is 0 Å². The Labute approximate surface area is 143 Å². The molecule has 1 spiro atoms. The second-order valence-corrected chi connectivity index (χ2v) is 6.23. The maximum atomic E-state index is 12.8. The number of rotatable bonds is 4. The fourth-order valence-corrected chi connectivity index (χ4v) is 3.37. The summed E-state index contributed by atoms with van der Waals surface area (Å²) in [5.41, 5.74) is 0.466. The van der Waals surface area contributed by atoms with Crippen LogP contribution in [0.2, 0.25) is 0 Å². The molecule has 1 aromatic heterocycles. The Morgan fingerprint density at radius 2 is 1.83 bits per heavy atom. The van der Waals surface area contributed by atoms with Gasteiger partial charge in [-0.2, -0.15) is 0 Å². The van der Waals surface area contributed by atoms with Gasteiger partial charge in [0.1, 0.15) is 17.3 Å². The van der Waals surface area contributed by atoms with Crippen LogP contribution in [0.5, 0.6) is 0 Å². The van der Waals surface area contributed by atoms with E-state index >= 15 is 0 Å².